The Morgan fingerprint density at radius 3 is 3.07 bits per heavy atom. The second-order valence-electron chi connectivity index (χ2n) is 4.00. The van der Waals surface area contributed by atoms with Crippen molar-refractivity contribution in [3.05, 3.63) is 6.20 Å². The topological polar surface area (TPSA) is 67.2 Å². The molecule has 76 valence electrons. The average molecular weight is 213 g/mol. The predicted molar refractivity (Wildman–Crippen MR) is 46.6 cm³/mol. The molecule has 1 saturated carbocycles. The maximum absolute atomic E-state index is 10.8. The minimum atomic E-state index is -2.25. The number of nitrogens with zero attached hydrogens (tertiary/aromatic N) is 2. The van der Waals surface area contributed by atoms with E-state index in [4.69, 9.17) is 4.74 Å². The van der Waals surface area contributed by atoms with E-state index in [0.29, 0.717) is 12.5 Å². The SMILES string of the molecule is O=S([O-])c1cnn2c1OCC1(CC1)C2. The van der Waals surface area contributed by atoms with Crippen LogP contribution in [0.1, 0.15) is 12.8 Å². The smallest absolute Gasteiger partial charge is 0.227 e. The van der Waals surface area contributed by atoms with Gasteiger partial charge in [0, 0.05) is 5.41 Å². The first-order chi connectivity index (χ1) is 6.70. The fourth-order valence-corrected chi connectivity index (χ4v) is 2.23. The highest BCUT2D eigenvalue weighted by Gasteiger charge is 2.47. The summed E-state index contributed by atoms with van der Waals surface area (Å²) < 4.78 is 28.7. The highest BCUT2D eigenvalue weighted by Crippen LogP contribution is 2.50. The minimum Gasteiger partial charge on any atom is -0.768 e. The lowest BCUT2D eigenvalue weighted by Gasteiger charge is -2.24. The summed E-state index contributed by atoms with van der Waals surface area (Å²) in [6.45, 7) is 1.42. The first kappa shape index (κ1) is 8.43. The van der Waals surface area contributed by atoms with Gasteiger partial charge in [0.25, 0.3) is 0 Å². The van der Waals surface area contributed by atoms with Crippen LogP contribution in [-0.4, -0.2) is 25.1 Å². The molecule has 0 bridgehead atoms. The predicted octanol–water partition coefficient (Wildman–Crippen LogP) is 0.294. The van der Waals surface area contributed by atoms with Gasteiger partial charge in [-0.3, -0.25) is 4.21 Å². The third-order valence-electron chi connectivity index (χ3n) is 2.90. The van der Waals surface area contributed by atoms with Gasteiger partial charge in [-0.2, -0.15) is 5.10 Å². The summed E-state index contributed by atoms with van der Waals surface area (Å²) in [5, 5.41) is 4.01. The van der Waals surface area contributed by atoms with E-state index in [9.17, 15) is 8.76 Å². The summed E-state index contributed by atoms with van der Waals surface area (Å²) in [6, 6.07) is 0. The van der Waals surface area contributed by atoms with Gasteiger partial charge in [0.1, 0.15) is 4.90 Å². The van der Waals surface area contributed by atoms with Crippen LogP contribution < -0.4 is 4.74 Å². The van der Waals surface area contributed by atoms with Crippen molar-refractivity contribution in [3.63, 3.8) is 0 Å². The Morgan fingerprint density at radius 2 is 2.43 bits per heavy atom. The van der Waals surface area contributed by atoms with Gasteiger partial charge in [-0.25, -0.2) is 4.68 Å². The first-order valence-electron chi connectivity index (χ1n) is 4.48. The van der Waals surface area contributed by atoms with Gasteiger partial charge in [-0.15, -0.1) is 0 Å². The lowest BCUT2D eigenvalue weighted by Crippen LogP contribution is -2.27. The summed E-state index contributed by atoms with van der Waals surface area (Å²) in [7, 11) is 0. The summed E-state index contributed by atoms with van der Waals surface area (Å²) in [5.74, 6) is 0.399. The molecule has 0 N–H and O–H groups in total. The van der Waals surface area contributed by atoms with Crippen molar-refractivity contribution in [1.29, 1.82) is 0 Å². The number of aromatic nitrogens is 2. The molecule has 3 rings (SSSR count). The summed E-state index contributed by atoms with van der Waals surface area (Å²) in [6.07, 6.45) is 3.66. The van der Waals surface area contributed by atoms with Crippen molar-refractivity contribution in [2.24, 2.45) is 5.41 Å². The van der Waals surface area contributed by atoms with E-state index in [1.54, 1.807) is 4.68 Å². The van der Waals surface area contributed by atoms with E-state index in [-0.39, 0.29) is 10.3 Å². The number of hydrogen-bond acceptors (Lipinski definition) is 4. The number of fused-ring (bicyclic) bond motifs is 1. The summed E-state index contributed by atoms with van der Waals surface area (Å²) in [4.78, 5) is 0.167. The molecule has 2 heterocycles. The van der Waals surface area contributed by atoms with Crippen LogP contribution in [0.3, 0.4) is 0 Å². The van der Waals surface area contributed by atoms with E-state index in [2.05, 4.69) is 5.10 Å². The van der Waals surface area contributed by atoms with Crippen molar-refractivity contribution in [2.45, 2.75) is 24.3 Å². The Balaban J connectivity index is 2.00. The summed E-state index contributed by atoms with van der Waals surface area (Å²) in [5.41, 5.74) is 0.251. The molecule has 0 radical (unpaired) electrons. The van der Waals surface area contributed by atoms with Crippen molar-refractivity contribution in [3.8, 4) is 5.88 Å². The van der Waals surface area contributed by atoms with E-state index < -0.39 is 11.1 Å². The molecule has 0 saturated heterocycles. The molecule has 1 spiro atoms. The second-order valence-corrected chi connectivity index (χ2v) is 4.90. The lowest BCUT2D eigenvalue weighted by molar-refractivity contribution is 0.144. The minimum absolute atomic E-state index is 0.167. The molecule has 1 aromatic rings. The van der Waals surface area contributed by atoms with Crippen molar-refractivity contribution < 1.29 is 13.5 Å². The quantitative estimate of drug-likeness (QED) is 0.629. The Hall–Kier alpha value is -0.880. The molecule has 1 aromatic heterocycles. The molecule has 14 heavy (non-hydrogen) atoms. The lowest BCUT2D eigenvalue weighted by atomic mass is 10.1. The number of ether oxygens (including phenoxy) is 1. The Kier molecular flexibility index (Phi) is 1.55. The number of hydrogen-bond donors (Lipinski definition) is 0. The van der Waals surface area contributed by atoms with E-state index in [1.807, 2.05) is 0 Å². The normalized spacial score (nSPS) is 24.1. The van der Waals surface area contributed by atoms with E-state index >= 15 is 0 Å². The Labute approximate surface area is 83.3 Å². The van der Waals surface area contributed by atoms with Gasteiger partial charge in [-0.05, 0) is 23.9 Å². The van der Waals surface area contributed by atoms with Crippen molar-refractivity contribution in [1.82, 2.24) is 9.78 Å². The molecule has 1 atom stereocenters. The largest absolute Gasteiger partial charge is 0.768 e. The molecule has 1 aliphatic carbocycles. The van der Waals surface area contributed by atoms with Crippen LogP contribution in [0, 0.1) is 5.41 Å². The molecule has 5 nitrogen and oxygen atoms in total. The Bertz CT molecular complexity index is 411. The van der Waals surface area contributed by atoms with Gasteiger partial charge in [-0.1, -0.05) is 0 Å². The molecule has 1 fully saturated rings. The van der Waals surface area contributed by atoms with Gasteiger partial charge < -0.3 is 9.29 Å². The van der Waals surface area contributed by atoms with Crippen LogP contribution in [0.5, 0.6) is 5.88 Å². The molecular formula is C8H9N2O3S-. The van der Waals surface area contributed by atoms with Crippen LogP contribution in [0.25, 0.3) is 0 Å². The third-order valence-corrected chi connectivity index (χ3v) is 3.54. The molecule has 0 aromatic carbocycles. The third kappa shape index (κ3) is 1.10. The van der Waals surface area contributed by atoms with Crippen molar-refractivity contribution in [2.75, 3.05) is 6.61 Å². The van der Waals surface area contributed by atoms with Crippen LogP contribution >= 0.6 is 0 Å². The summed E-state index contributed by atoms with van der Waals surface area (Å²) >= 11 is -2.25. The standard InChI is InChI=1S/C8H10N2O3S/c11-14(12)6-3-9-10-4-8(1-2-8)5-13-7(6)10/h3H,1-2,4-5H2,(H,11,12)/p-1. The van der Waals surface area contributed by atoms with Gasteiger partial charge in [0.15, 0.2) is 0 Å². The van der Waals surface area contributed by atoms with E-state index in [0.717, 1.165) is 19.4 Å². The van der Waals surface area contributed by atoms with Crippen LogP contribution in [0.4, 0.5) is 0 Å². The molecule has 2 aliphatic rings. The maximum atomic E-state index is 10.8. The molecule has 1 aliphatic heterocycles. The molecule has 0 amide bonds. The van der Waals surface area contributed by atoms with Crippen molar-refractivity contribution >= 4 is 11.1 Å². The fourth-order valence-electron chi connectivity index (χ4n) is 1.79. The monoisotopic (exact) mass is 213 g/mol. The zero-order valence-corrected chi connectivity index (χ0v) is 8.25. The van der Waals surface area contributed by atoms with Gasteiger partial charge in [0.05, 0.1) is 19.3 Å². The van der Waals surface area contributed by atoms with Crippen LogP contribution in [0.15, 0.2) is 11.1 Å². The van der Waals surface area contributed by atoms with E-state index in [1.165, 1.54) is 6.20 Å². The number of rotatable bonds is 1. The maximum Gasteiger partial charge on any atom is 0.227 e. The van der Waals surface area contributed by atoms with Crippen LogP contribution in [0.2, 0.25) is 0 Å². The van der Waals surface area contributed by atoms with Gasteiger partial charge >= 0.3 is 0 Å². The zero-order chi connectivity index (χ0) is 9.76. The zero-order valence-electron chi connectivity index (χ0n) is 7.43. The Morgan fingerprint density at radius 1 is 1.64 bits per heavy atom. The second kappa shape index (κ2) is 2.58. The molecule has 6 heteroatoms. The molecule has 1 unspecified atom stereocenters. The molecular weight excluding hydrogens is 204 g/mol. The fraction of sp³-hybridized carbons (Fsp3) is 0.625. The van der Waals surface area contributed by atoms with Crippen LogP contribution in [-0.2, 0) is 17.6 Å². The first-order valence-corrected chi connectivity index (χ1v) is 5.56. The highest BCUT2D eigenvalue weighted by atomic mass is 32.2. The van der Waals surface area contributed by atoms with Gasteiger partial charge in [0.2, 0.25) is 5.88 Å². The average Bonchev–Trinajstić information content (AvgIpc) is 2.77. The highest BCUT2D eigenvalue weighted by molar-refractivity contribution is 7.79.